The lowest BCUT2D eigenvalue weighted by molar-refractivity contribution is -0.275. The Labute approximate surface area is 169 Å². The molecule has 7 nitrogen and oxygen atoms in total. The summed E-state index contributed by atoms with van der Waals surface area (Å²) in [5, 5.41) is 7.25. The first kappa shape index (κ1) is 22.4. The van der Waals surface area contributed by atoms with E-state index in [1.807, 2.05) is 5.32 Å². The molecule has 2 atom stereocenters. The quantitative estimate of drug-likeness (QED) is 0.549. The van der Waals surface area contributed by atoms with Crippen LogP contribution in [0, 0.1) is 11.7 Å². The maximum Gasteiger partial charge on any atom is 0.573 e. The molecule has 1 saturated heterocycles. The van der Waals surface area contributed by atoms with E-state index in [9.17, 15) is 40.3 Å². The maximum atomic E-state index is 13.8. The van der Waals surface area contributed by atoms with Gasteiger partial charge in [-0.25, -0.2) is 4.39 Å². The minimum absolute atomic E-state index is 0.161. The third kappa shape index (κ3) is 4.72. The number of hydrogen-bond acceptors (Lipinski definition) is 4. The van der Waals surface area contributed by atoms with Crippen LogP contribution in [0.2, 0.25) is 0 Å². The van der Waals surface area contributed by atoms with E-state index in [0.717, 1.165) is 17.0 Å². The zero-order valence-corrected chi connectivity index (χ0v) is 15.4. The first-order valence-corrected chi connectivity index (χ1v) is 8.50. The van der Waals surface area contributed by atoms with Crippen molar-refractivity contribution in [1.82, 2.24) is 15.1 Å². The molecule has 0 bridgehead atoms. The molecule has 168 valence electrons. The number of carbonyl (C=O) groups excluding carboxylic acids is 2. The smallest absolute Gasteiger partial charge is 0.400 e. The van der Waals surface area contributed by atoms with E-state index in [4.69, 9.17) is 0 Å². The number of carbonyl (C=O) groups is 2. The van der Waals surface area contributed by atoms with E-state index in [1.54, 1.807) is 0 Å². The summed E-state index contributed by atoms with van der Waals surface area (Å²) in [7, 11) is 1.30. The summed E-state index contributed by atoms with van der Waals surface area (Å²) >= 11 is 0. The fraction of sp³-hybridized carbons (Fsp3) is 0.353. The Morgan fingerprint density at radius 2 is 1.94 bits per heavy atom. The second kappa shape index (κ2) is 7.74. The van der Waals surface area contributed by atoms with Crippen LogP contribution in [-0.4, -0.2) is 46.9 Å². The predicted octanol–water partition coefficient (Wildman–Crippen LogP) is 3.28. The fourth-order valence-electron chi connectivity index (χ4n) is 3.18. The molecule has 1 aliphatic heterocycles. The van der Waals surface area contributed by atoms with Gasteiger partial charge >= 0.3 is 12.5 Å². The molecule has 2 N–H and O–H groups in total. The van der Waals surface area contributed by atoms with Gasteiger partial charge in [0.05, 0.1) is 5.69 Å². The molecule has 1 aromatic heterocycles. The maximum absolute atomic E-state index is 13.8. The van der Waals surface area contributed by atoms with Gasteiger partial charge in [0, 0.05) is 25.2 Å². The number of para-hydroxylation sites is 1. The third-order valence-electron chi connectivity index (χ3n) is 4.53. The molecule has 1 aliphatic rings. The topological polar surface area (TPSA) is 87.3 Å². The molecule has 2 aromatic rings. The number of likely N-dealkylation sites (tertiary alicyclic amines) is 1. The number of nitrogens with zero attached hydrogens (tertiary/aromatic N) is 2. The van der Waals surface area contributed by atoms with Crippen LogP contribution in [0.1, 0.15) is 17.3 Å². The Morgan fingerprint density at radius 3 is 2.52 bits per heavy atom. The van der Waals surface area contributed by atoms with Crippen molar-refractivity contribution in [3.63, 3.8) is 0 Å². The fourth-order valence-corrected chi connectivity index (χ4v) is 3.18. The second-order valence-electron chi connectivity index (χ2n) is 6.66. The highest BCUT2D eigenvalue weighted by molar-refractivity contribution is 6.08. The molecule has 0 saturated carbocycles. The summed E-state index contributed by atoms with van der Waals surface area (Å²) in [6.07, 6.45) is -10.0. The van der Waals surface area contributed by atoms with E-state index in [2.05, 4.69) is 14.9 Å². The van der Waals surface area contributed by atoms with Crippen LogP contribution in [0.3, 0.4) is 0 Å². The van der Waals surface area contributed by atoms with Gasteiger partial charge in [-0.3, -0.25) is 14.7 Å². The van der Waals surface area contributed by atoms with E-state index in [0.29, 0.717) is 12.1 Å². The van der Waals surface area contributed by atoms with Crippen molar-refractivity contribution in [2.75, 3.05) is 18.9 Å². The number of hydrogen-bond donors (Lipinski definition) is 2. The summed E-state index contributed by atoms with van der Waals surface area (Å²) in [4.78, 5) is 26.2. The number of ether oxygens (including phenoxy) is 1. The monoisotopic (exact) mass is 454 g/mol. The van der Waals surface area contributed by atoms with Crippen LogP contribution >= 0.6 is 0 Å². The molecule has 1 aromatic carbocycles. The number of H-pyrrole nitrogens is 1. The summed E-state index contributed by atoms with van der Waals surface area (Å²) in [6, 6.07) is 3.21. The van der Waals surface area contributed by atoms with E-state index < -0.39 is 59.1 Å². The Morgan fingerprint density at radius 1 is 1.26 bits per heavy atom. The van der Waals surface area contributed by atoms with Gasteiger partial charge in [-0.15, -0.1) is 13.2 Å². The van der Waals surface area contributed by atoms with Gasteiger partial charge in [-0.2, -0.15) is 18.3 Å². The normalized spacial score (nSPS) is 19.6. The van der Waals surface area contributed by atoms with Crippen LogP contribution < -0.4 is 10.1 Å². The van der Waals surface area contributed by atoms with Crippen LogP contribution in [0.15, 0.2) is 24.3 Å². The minimum Gasteiger partial charge on any atom is -0.400 e. The van der Waals surface area contributed by atoms with Crippen LogP contribution in [0.25, 0.3) is 0 Å². The van der Waals surface area contributed by atoms with Gasteiger partial charge in [0.1, 0.15) is 5.92 Å². The van der Waals surface area contributed by atoms with Crippen LogP contribution in [0.4, 0.5) is 36.4 Å². The molecule has 2 amide bonds. The minimum atomic E-state index is -5.27. The average molecular weight is 454 g/mol. The molecule has 31 heavy (non-hydrogen) atoms. The molecule has 3 rings (SSSR count). The first-order chi connectivity index (χ1) is 14.3. The number of anilines is 1. The number of rotatable bonds is 4. The van der Waals surface area contributed by atoms with Crippen molar-refractivity contribution in [3.8, 4) is 5.75 Å². The largest absolute Gasteiger partial charge is 0.573 e. The summed E-state index contributed by atoms with van der Waals surface area (Å²) in [6.45, 7) is -0.161. The SMILES string of the molecule is CN1C[C@H](c2cc(C(F)(F)F)n[nH]2)[C@@H](C(=O)Nc2cccc(F)c2OC(F)(F)F)C1=O. The Hall–Kier alpha value is -3.32. The molecule has 0 unspecified atom stereocenters. The van der Waals surface area contributed by atoms with Crippen molar-refractivity contribution in [1.29, 1.82) is 0 Å². The highest BCUT2D eigenvalue weighted by Crippen LogP contribution is 2.38. The molecular weight excluding hydrogens is 441 g/mol. The number of aromatic nitrogens is 2. The number of likely N-dealkylation sites (N-methyl/N-ethyl adjacent to an activating group) is 1. The van der Waals surface area contributed by atoms with Gasteiger partial charge in [0.25, 0.3) is 0 Å². The van der Waals surface area contributed by atoms with Crippen molar-refractivity contribution < 1.29 is 45.1 Å². The molecule has 0 spiro atoms. The molecule has 2 heterocycles. The molecule has 0 radical (unpaired) electrons. The third-order valence-corrected chi connectivity index (χ3v) is 4.53. The lowest BCUT2D eigenvalue weighted by Crippen LogP contribution is -2.33. The van der Waals surface area contributed by atoms with E-state index >= 15 is 0 Å². The Kier molecular flexibility index (Phi) is 5.58. The number of amides is 2. The summed E-state index contributed by atoms with van der Waals surface area (Å²) < 4.78 is 93.6. The van der Waals surface area contributed by atoms with Gasteiger partial charge in [-0.1, -0.05) is 6.07 Å². The second-order valence-corrected chi connectivity index (χ2v) is 6.66. The number of halogens is 7. The van der Waals surface area contributed by atoms with Gasteiger partial charge in [0.15, 0.2) is 17.3 Å². The number of alkyl halides is 6. The highest BCUT2D eigenvalue weighted by Gasteiger charge is 2.46. The van der Waals surface area contributed by atoms with Crippen molar-refractivity contribution in [2.45, 2.75) is 18.5 Å². The van der Waals surface area contributed by atoms with Crippen LogP contribution in [-0.2, 0) is 15.8 Å². The highest BCUT2D eigenvalue weighted by atomic mass is 19.4. The van der Waals surface area contributed by atoms with Gasteiger partial charge < -0.3 is 15.0 Å². The van der Waals surface area contributed by atoms with Gasteiger partial charge in [0.2, 0.25) is 11.8 Å². The number of nitrogens with one attached hydrogen (secondary N) is 2. The van der Waals surface area contributed by atoms with Crippen molar-refractivity contribution in [2.24, 2.45) is 5.92 Å². The zero-order valence-electron chi connectivity index (χ0n) is 15.4. The predicted molar refractivity (Wildman–Crippen MR) is 89.2 cm³/mol. The molecular formula is C17H13F7N4O3. The zero-order chi connectivity index (χ0) is 23.1. The molecule has 1 fully saturated rings. The van der Waals surface area contributed by atoms with Gasteiger partial charge in [-0.05, 0) is 18.2 Å². The number of aromatic amines is 1. The molecule has 0 aliphatic carbocycles. The molecule has 14 heteroatoms. The lowest BCUT2D eigenvalue weighted by atomic mass is 9.91. The summed E-state index contributed by atoms with van der Waals surface area (Å²) in [5.74, 6) is -7.40. The Bertz CT molecular complexity index is 1000. The average Bonchev–Trinajstić information content (AvgIpc) is 3.23. The van der Waals surface area contributed by atoms with Crippen molar-refractivity contribution >= 4 is 17.5 Å². The van der Waals surface area contributed by atoms with E-state index in [-0.39, 0.29) is 12.2 Å². The standard InChI is InChI=1S/C17H13F7N4O3/c1-28-6-7(10-5-11(27-26-10)16(19,20)21)12(15(28)30)14(29)25-9-4-2-3-8(18)13(9)31-17(22,23)24/h2-5,7,12H,6H2,1H3,(H,25,29)(H,26,27)/t7-,12+/m1/s1. The number of benzene rings is 1. The Balaban J connectivity index is 1.90. The first-order valence-electron chi connectivity index (χ1n) is 8.50. The van der Waals surface area contributed by atoms with E-state index in [1.165, 1.54) is 7.05 Å². The van der Waals surface area contributed by atoms with Crippen molar-refractivity contribution in [3.05, 3.63) is 41.5 Å². The summed E-state index contributed by atoms with van der Waals surface area (Å²) in [5.41, 5.74) is -2.14. The van der Waals surface area contributed by atoms with Crippen LogP contribution in [0.5, 0.6) is 5.75 Å². The lowest BCUT2D eigenvalue weighted by Gasteiger charge is -2.18.